The molecule has 0 bridgehead atoms. The summed E-state index contributed by atoms with van der Waals surface area (Å²) in [6.45, 7) is 7.02. The van der Waals surface area contributed by atoms with E-state index in [0.717, 1.165) is 12.3 Å². The van der Waals surface area contributed by atoms with Crippen LogP contribution in [0.25, 0.3) is 0 Å². The lowest BCUT2D eigenvalue weighted by Gasteiger charge is -2.38. The fourth-order valence-corrected chi connectivity index (χ4v) is 2.13. The average Bonchev–Trinajstić information content (AvgIpc) is 2.82. The zero-order chi connectivity index (χ0) is 11.5. The summed E-state index contributed by atoms with van der Waals surface area (Å²) in [4.78, 5) is 13.5. The van der Waals surface area contributed by atoms with Crippen molar-refractivity contribution in [2.45, 2.75) is 19.0 Å². The van der Waals surface area contributed by atoms with E-state index < -0.39 is 0 Å². The van der Waals surface area contributed by atoms with E-state index in [1.807, 2.05) is 24.0 Å². The Kier molecular flexibility index (Phi) is 3.10. The number of hydrogen-bond acceptors (Lipinski definition) is 3. The number of furan rings is 1. The molecular formula is C12H16N2O2. The zero-order valence-electron chi connectivity index (χ0n) is 9.35. The molecule has 1 aromatic rings. The first-order chi connectivity index (χ1) is 7.74. The highest BCUT2D eigenvalue weighted by Gasteiger charge is 2.32. The van der Waals surface area contributed by atoms with Crippen LogP contribution >= 0.6 is 0 Å². The van der Waals surface area contributed by atoms with E-state index in [4.69, 9.17) is 4.42 Å². The van der Waals surface area contributed by atoms with Crippen molar-refractivity contribution in [1.29, 1.82) is 0 Å². The first kappa shape index (κ1) is 11.0. The largest absolute Gasteiger partial charge is 0.468 e. The maximum absolute atomic E-state index is 11.6. The van der Waals surface area contributed by atoms with E-state index in [0.29, 0.717) is 6.54 Å². The molecule has 1 fully saturated rings. The van der Waals surface area contributed by atoms with Gasteiger partial charge in [0.05, 0.1) is 18.3 Å². The molecule has 4 heteroatoms. The van der Waals surface area contributed by atoms with Crippen LogP contribution in [0.1, 0.15) is 18.7 Å². The van der Waals surface area contributed by atoms with Gasteiger partial charge in [-0.2, -0.15) is 0 Å². The summed E-state index contributed by atoms with van der Waals surface area (Å²) < 4.78 is 5.38. The number of piperazine rings is 1. The summed E-state index contributed by atoms with van der Waals surface area (Å²) in [5, 5.41) is 3.36. The lowest BCUT2D eigenvalue weighted by atomic mass is 10.0. The van der Waals surface area contributed by atoms with Crippen molar-refractivity contribution in [3.63, 3.8) is 0 Å². The van der Waals surface area contributed by atoms with E-state index in [2.05, 4.69) is 11.9 Å². The smallest absolute Gasteiger partial charge is 0.246 e. The normalized spacial score (nSPS) is 25.4. The number of nitrogens with one attached hydrogen (secondary N) is 1. The minimum absolute atomic E-state index is 0.0226. The van der Waals surface area contributed by atoms with Gasteiger partial charge in [-0.25, -0.2) is 0 Å². The van der Waals surface area contributed by atoms with E-state index in [-0.39, 0.29) is 18.0 Å². The molecule has 16 heavy (non-hydrogen) atoms. The molecule has 0 spiro atoms. The number of nitrogens with zero attached hydrogens (tertiary/aromatic N) is 1. The van der Waals surface area contributed by atoms with Gasteiger partial charge in [0, 0.05) is 13.1 Å². The van der Waals surface area contributed by atoms with Crippen molar-refractivity contribution in [3.8, 4) is 0 Å². The molecule has 1 aliphatic rings. The molecule has 4 nitrogen and oxygen atoms in total. The highest BCUT2D eigenvalue weighted by Crippen LogP contribution is 2.24. The SMILES string of the molecule is C=CC(=O)N1CCNC(c2ccco2)C1C. The number of amides is 1. The van der Waals surface area contributed by atoms with Crippen molar-refractivity contribution in [1.82, 2.24) is 10.2 Å². The van der Waals surface area contributed by atoms with Gasteiger partial charge < -0.3 is 14.6 Å². The van der Waals surface area contributed by atoms with Gasteiger partial charge in [0.2, 0.25) is 5.91 Å². The van der Waals surface area contributed by atoms with Crippen LogP contribution in [-0.4, -0.2) is 29.9 Å². The standard InChI is InChI=1S/C12H16N2O2/c1-3-11(15)14-7-6-13-12(9(14)2)10-5-4-8-16-10/h3-5,8-9,12-13H,1,6-7H2,2H3. The molecule has 1 amide bonds. The van der Waals surface area contributed by atoms with Crippen molar-refractivity contribution >= 4 is 5.91 Å². The summed E-state index contributed by atoms with van der Waals surface area (Å²) in [5.41, 5.74) is 0. The van der Waals surface area contributed by atoms with E-state index in [9.17, 15) is 4.79 Å². The van der Waals surface area contributed by atoms with Gasteiger partial charge in [0.25, 0.3) is 0 Å². The summed E-state index contributed by atoms with van der Waals surface area (Å²) >= 11 is 0. The molecule has 0 aliphatic carbocycles. The van der Waals surface area contributed by atoms with Crippen LogP contribution in [0.2, 0.25) is 0 Å². The Morgan fingerprint density at radius 3 is 3.19 bits per heavy atom. The van der Waals surface area contributed by atoms with Crippen LogP contribution in [-0.2, 0) is 4.79 Å². The summed E-state index contributed by atoms with van der Waals surface area (Å²) in [6.07, 6.45) is 3.01. The molecule has 2 unspecified atom stereocenters. The number of hydrogen-bond donors (Lipinski definition) is 1. The van der Waals surface area contributed by atoms with Crippen LogP contribution < -0.4 is 5.32 Å². The molecule has 2 rings (SSSR count). The predicted octanol–water partition coefficient (Wildman–Crippen LogP) is 1.33. The third-order valence-electron chi connectivity index (χ3n) is 3.00. The van der Waals surface area contributed by atoms with Gasteiger partial charge in [0.15, 0.2) is 0 Å². The van der Waals surface area contributed by atoms with Gasteiger partial charge >= 0.3 is 0 Å². The number of rotatable bonds is 2. The van der Waals surface area contributed by atoms with Gasteiger partial charge in [-0.1, -0.05) is 6.58 Å². The molecule has 1 saturated heterocycles. The first-order valence-electron chi connectivity index (χ1n) is 5.44. The fourth-order valence-electron chi connectivity index (χ4n) is 2.13. The molecule has 2 atom stereocenters. The maximum atomic E-state index is 11.6. The van der Waals surface area contributed by atoms with Gasteiger partial charge in [-0.3, -0.25) is 4.79 Å². The molecule has 0 saturated carbocycles. The molecule has 2 heterocycles. The Bertz CT molecular complexity index is 372. The maximum Gasteiger partial charge on any atom is 0.246 e. The topological polar surface area (TPSA) is 45.5 Å². The third kappa shape index (κ3) is 1.88. The third-order valence-corrected chi connectivity index (χ3v) is 3.00. The van der Waals surface area contributed by atoms with Crippen molar-refractivity contribution in [3.05, 3.63) is 36.8 Å². The fraction of sp³-hybridized carbons (Fsp3) is 0.417. The minimum atomic E-state index is -0.0226. The van der Waals surface area contributed by atoms with Crippen molar-refractivity contribution in [2.75, 3.05) is 13.1 Å². The molecule has 1 N–H and O–H groups in total. The van der Waals surface area contributed by atoms with Crippen molar-refractivity contribution in [2.24, 2.45) is 0 Å². The number of carbonyl (C=O) groups is 1. The zero-order valence-corrected chi connectivity index (χ0v) is 9.35. The summed E-state index contributed by atoms with van der Waals surface area (Å²) in [5.74, 6) is 0.847. The van der Waals surface area contributed by atoms with Crippen LogP contribution in [0, 0.1) is 0 Å². The minimum Gasteiger partial charge on any atom is -0.468 e. The molecule has 86 valence electrons. The predicted molar refractivity (Wildman–Crippen MR) is 60.8 cm³/mol. The van der Waals surface area contributed by atoms with Gasteiger partial charge in [-0.15, -0.1) is 0 Å². The number of carbonyl (C=O) groups excluding carboxylic acids is 1. The quantitative estimate of drug-likeness (QED) is 0.765. The van der Waals surface area contributed by atoms with Gasteiger partial charge in [-0.05, 0) is 25.1 Å². The second kappa shape index (κ2) is 4.53. The Balaban J connectivity index is 2.16. The van der Waals surface area contributed by atoms with Gasteiger partial charge in [0.1, 0.15) is 5.76 Å². The second-order valence-corrected chi connectivity index (χ2v) is 3.92. The molecule has 1 aromatic heterocycles. The highest BCUT2D eigenvalue weighted by atomic mass is 16.3. The molecule has 1 aliphatic heterocycles. The summed E-state index contributed by atoms with van der Waals surface area (Å²) in [6, 6.07) is 3.92. The van der Waals surface area contributed by atoms with E-state index in [1.165, 1.54) is 6.08 Å². The van der Waals surface area contributed by atoms with Crippen LogP contribution in [0.5, 0.6) is 0 Å². The van der Waals surface area contributed by atoms with E-state index in [1.54, 1.807) is 6.26 Å². The van der Waals surface area contributed by atoms with Crippen LogP contribution in [0.3, 0.4) is 0 Å². The monoisotopic (exact) mass is 220 g/mol. The second-order valence-electron chi connectivity index (χ2n) is 3.92. The lowest BCUT2D eigenvalue weighted by Crippen LogP contribution is -2.53. The molecular weight excluding hydrogens is 204 g/mol. The van der Waals surface area contributed by atoms with Crippen LogP contribution in [0.15, 0.2) is 35.5 Å². The molecule has 0 aromatic carbocycles. The molecule has 0 radical (unpaired) electrons. The highest BCUT2D eigenvalue weighted by molar-refractivity contribution is 5.87. The Labute approximate surface area is 94.9 Å². The lowest BCUT2D eigenvalue weighted by molar-refractivity contribution is -0.129. The Morgan fingerprint density at radius 1 is 1.75 bits per heavy atom. The Morgan fingerprint density at radius 2 is 2.56 bits per heavy atom. The Hall–Kier alpha value is -1.55. The van der Waals surface area contributed by atoms with Crippen LogP contribution in [0.4, 0.5) is 0 Å². The van der Waals surface area contributed by atoms with E-state index >= 15 is 0 Å². The average molecular weight is 220 g/mol. The summed E-state index contributed by atoms with van der Waals surface area (Å²) in [7, 11) is 0. The first-order valence-corrected chi connectivity index (χ1v) is 5.44. The van der Waals surface area contributed by atoms with Crippen molar-refractivity contribution < 1.29 is 9.21 Å².